The van der Waals surface area contributed by atoms with E-state index in [0.717, 1.165) is 17.1 Å². The van der Waals surface area contributed by atoms with Crippen molar-refractivity contribution in [3.05, 3.63) is 28.3 Å². The number of nitrogens with one attached hydrogen (secondary N) is 1. The average Bonchev–Trinajstić information content (AvgIpc) is 3.07. The van der Waals surface area contributed by atoms with Gasteiger partial charge in [0.15, 0.2) is 11.5 Å². The molecule has 0 spiro atoms. The molecule has 7 nitrogen and oxygen atoms in total. The first kappa shape index (κ1) is 17.0. The van der Waals surface area contributed by atoms with E-state index in [0.29, 0.717) is 40.8 Å². The minimum atomic E-state index is -0.189. The number of nitrogens with zero attached hydrogens (tertiary/aromatic N) is 2. The topological polar surface area (TPSA) is 82.6 Å². The van der Waals surface area contributed by atoms with Crippen LogP contribution in [0.15, 0.2) is 12.1 Å². The molecule has 1 heterocycles. The van der Waals surface area contributed by atoms with Gasteiger partial charge < -0.3 is 19.5 Å². The largest absolute Gasteiger partial charge is 0.493 e. The van der Waals surface area contributed by atoms with E-state index in [2.05, 4.69) is 14.9 Å². The summed E-state index contributed by atoms with van der Waals surface area (Å²) in [6, 6.07) is 3.60. The number of ether oxygens (including phenoxy) is 3. The third-order valence-electron chi connectivity index (χ3n) is 3.27. The Balaban J connectivity index is 2.16. The van der Waals surface area contributed by atoms with Gasteiger partial charge in [-0.15, -0.1) is 5.10 Å². The summed E-state index contributed by atoms with van der Waals surface area (Å²) in [7, 11) is 4.65. The highest BCUT2D eigenvalue weighted by atomic mass is 32.1. The Labute approximate surface area is 138 Å². The van der Waals surface area contributed by atoms with Gasteiger partial charge in [0.25, 0.3) is 5.91 Å². The predicted octanol–water partition coefficient (Wildman–Crippen LogP) is 2.06. The van der Waals surface area contributed by atoms with Gasteiger partial charge in [0.1, 0.15) is 4.88 Å². The summed E-state index contributed by atoms with van der Waals surface area (Å²) in [5.41, 5.74) is 1.54. The van der Waals surface area contributed by atoms with Gasteiger partial charge in [0, 0.05) is 6.54 Å². The molecule has 1 aromatic carbocycles. The maximum Gasteiger partial charge on any atom is 0.265 e. The molecule has 0 bridgehead atoms. The van der Waals surface area contributed by atoms with E-state index in [9.17, 15) is 4.79 Å². The Hall–Kier alpha value is -2.35. The molecule has 0 unspecified atom stereocenters. The van der Waals surface area contributed by atoms with Crippen molar-refractivity contribution in [2.45, 2.75) is 19.9 Å². The Morgan fingerprint density at radius 3 is 2.35 bits per heavy atom. The number of hydrogen-bond acceptors (Lipinski definition) is 7. The summed E-state index contributed by atoms with van der Waals surface area (Å²) in [4.78, 5) is 12.8. The molecule has 1 amide bonds. The van der Waals surface area contributed by atoms with Crippen LogP contribution in [-0.4, -0.2) is 36.8 Å². The van der Waals surface area contributed by atoms with Crippen LogP contribution in [-0.2, 0) is 13.0 Å². The van der Waals surface area contributed by atoms with Crippen molar-refractivity contribution < 1.29 is 19.0 Å². The smallest absolute Gasteiger partial charge is 0.265 e. The monoisotopic (exact) mass is 337 g/mol. The quantitative estimate of drug-likeness (QED) is 0.833. The van der Waals surface area contributed by atoms with E-state index in [-0.39, 0.29) is 5.91 Å². The molecule has 0 fully saturated rings. The van der Waals surface area contributed by atoms with Crippen molar-refractivity contribution in [2.75, 3.05) is 21.3 Å². The lowest BCUT2D eigenvalue weighted by Gasteiger charge is -2.14. The molecule has 1 N–H and O–H groups in total. The van der Waals surface area contributed by atoms with Crippen LogP contribution < -0.4 is 19.5 Å². The van der Waals surface area contributed by atoms with Crippen LogP contribution in [0.4, 0.5) is 0 Å². The van der Waals surface area contributed by atoms with Crippen molar-refractivity contribution in [1.29, 1.82) is 0 Å². The van der Waals surface area contributed by atoms with Crippen LogP contribution in [0.5, 0.6) is 17.2 Å². The third kappa shape index (κ3) is 3.70. The Morgan fingerprint density at radius 1 is 1.17 bits per heavy atom. The molecule has 23 heavy (non-hydrogen) atoms. The second kappa shape index (κ2) is 7.77. The normalized spacial score (nSPS) is 10.3. The number of amides is 1. The first-order chi connectivity index (χ1) is 11.1. The van der Waals surface area contributed by atoms with Crippen LogP contribution >= 0.6 is 11.5 Å². The first-order valence-electron chi connectivity index (χ1n) is 7.02. The van der Waals surface area contributed by atoms with E-state index >= 15 is 0 Å². The van der Waals surface area contributed by atoms with Gasteiger partial charge in [0.05, 0.1) is 27.0 Å². The minimum absolute atomic E-state index is 0.189. The SMILES string of the molecule is CCc1nnsc1C(=O)NCc1cc(OC)c(OC)c(OC)c1. The molecule has 2 rings (SSSR count). The molecule has 2 aromatic rings. The number of carbonyl (C=O) groups excluding carboxylic acids is 1. The van der Waals surface area contributed by atoms with Crippen molar-refractivity contribution in [2.24, 2.45) is 0 Å². The predicted molar refractivity (Wildman–Crippen MR) is 86.6 cm³/mol. The van der Waals surface area contributed by atoms with Gasteiger partial charge in [-0.1, -0.05) is 11.4 Å². The highest BCUT2D eigenvalue weighted by Gasteiger charge is 2.16. The van der Waals surface area contributed by atoms with Crippen molar-refractivity contribution in [1.82, 2.24) is 14.9 Å². The van der Waals surface area contributed by atoms with E-state index in [1.54, 1.807) is 33.5 Å². The van der Waals surface area contributed by atoms with E-state index < -0.39 is 0 Å². The van der Waals surface area contributed by atoms with Crippen LogP contribution in [0, 0.1) is 0 Å². The summed E-state index contributed by atoms with van der Waals surface area (Å²) in [6.07, 6.45) is 0.670. The van der Waals surface area contributed by atoms with E-state index in [1.165, 1.54) is 0 Å². The molecule has 0 aliphatic heterocycles. The molecule has 1 aromatic heterocycles. The lowest BCUT2D eigenvalue weighted by Crippen LogP contribution is -2.23. The van der Waals surface area contributed by atoms with E-state index in [4.69, 9.17) is 14.2 Å². The average molecular weight is 337 g/mol. The summed E-state index contributed by atoms with van der Waals surface area (Å²) in [5.74, 6) is 1.42. The van der Waals surface area contributed by atoms with E-state index in [1.807, 2.05) is 6.92 Å². The molecule has 0 aliphatic carbocycles. The number of aromatic nitrogens is 2. The molecule has 0 saturated carbocycles. The van der Waals surface area contributed by atoms with Gasteiger partial charge in [-0.25, -0.2) is 0 Å². The maximum absolute atomic E-state index is 12.2. The fraction of sp³-hybridized carbons (Fsp3) is 0.400. The molecular formula is C15H19N3O4S. The lowest BCUT2D eigenvalue weighted by molar-refractivity contribution is 0.0954. The van der Waals surface area contributed by atoms with Crippen LogP contribution in [0.3, 0.4) is 0 Å². The van der Waals surface area contributed by atoms with Crippen LogP contribution in [0.1, 0.15) is 27.9 Å². The number of benzene rings is 1. The minimum Gasteiger partial charge on any atom is -0.493 e. The molecule has 124 valence electrons. The number of hydrogen-bond donors (Lipinski definition) is 1. The lowest BCUT2D eigenvalue weighted by atomic mass is 10.1. The Kier molecular flexibility index (Phi) is 5.75. The number of rotatable bonds is 7. The van der Waals surface area contributed by atoms with Gasteiger partial charge in [-0.2, -0.15) is 0 Å². The highest BCUT2D eigenvalue weighted by Crippen LogP contribution is 2.38. The molecule has 0 saturated heterocycles. The zero-order valence-electron chi connectivity index (χ0n) is 13.5. The van der Waals surface area contributed by atoms with Gasteiger partial charge >= 0.3 is 0 Å². The maximum atomic E-state index is 12.2. The third-order valence-corrected chi connectivity index (χ3v) is 4.04. The number of methoxy groups -OCH3 is 3. The summed E-state index contributed by atoms with van der Waals surface area (Å²) < 4.78 is 19.7. The van der Waals surface area contributed by atoms with Crippen LogP contribution in [0.2, 0.25) is 0 Å². The Bertz CT molecular complexity index is 662. The zero-order chi connectivity index (χ0) is 16.8. The second-order valence-corrected chi connectivity index (χ2v) is 5.37. The fourth-order valence-electron chi connectivity index (χ4n) is 2.11. The summed E-state index contributed by atoms with van der Waals surface area (Å²) in [6.45, 7) is 2.27. The van der Waals surface area contributed by atoms with Gasteiger partial charge in [0.2, 0.25) is 5.75 Å². The van der Waals surface area contributed by atoms with Crippen molar-refractivity contribution in [3.63, 3.8) is 0 Å². The number of carbonyl (C=O) groups is 1. The zero-order valence-corrected chi connectivity index (χ0v) is 14.3. The molecule has 8 heteroatoms. The number of aryl methyl sites for hydroxylation is 1. The highest BCUT2D eigenvalue weighted by molar-refractivity contribution is 7.08. The first-order valence-corrected chi connectivity index (χ1v) is 7.80. The summed E-state index contributed by atoms with van der Waals surface area (Å²) >= 11 is 1.10. The van der Waals surface area contributed by atoms with Crippen LogP contribution in [0.25, 0.3) is 0 Å². The van der Waals surface area contributed by atoms with Crippen molar-refractivity contribution >= 4 is 17.4 Å². The standard InChI is InChI=1S/C15H19N3O4S/c1-5-10-14(23-18-17-10)15(19)16-8-9-6-11(20-2)13(22-4)12(7-9)21-3/h6-7H,5,8H2,1-4H3,(H,16,19). The Morgan fingerprint density at radius 2 is 1.83 bits per heavy atom. The molecule has 0 aliphatic rings. The molecular weight excluding hydrogens is 318 g/mol. The molecule has 0 atom stereocenters. The van der Waals surface area contributed by atoms with Crippen molar-refractivity contribution in [3.8, 4) is 17.2 Å². The van der Waals surface area contributed by atoms with Gasteiger partial charge in [-0.3, -0.25) is 4.79 Å². The second-order valence-electron chi connectivity index (χ2n) is 4.62. The van der Waals surface area contributed by atoms with Gasteiger partial charge in [-0.05, 0) is 35.6 Å². The molecule has 0 radical (unpaired) electrons. The fourth-order valence-corrected chi connectivity index (χ4v) is 2.78. The summed E-state index contributed by atoms with van der Waals surface area (Å²) in [5, 5.41) is 6.80.